The number of hydrogen-bond acceptors (Lipinski definition) is 8. The number of nitrogens with zero attached hydrogens (tertiary/aromatic N) is 6. The molecule has 37 heavy (non-hydrogen) atoms. The highest BCUT2D eigenvalue weighted by Crippen LogP contribution is 2.37. The van der Waals surface area contributed by atoms with E-state index in [0.29, 0.717) is 36.0 Å². The van der Waals surface area contributed by atoms with Crippen LogP contribution in [0.25, 0.3) is 22.5 Å². The van der Waals surface area contributed by atoms with Crippen molar-refractivity contribution in [2.45, 2.75) is 47.2 Å². The Morgan fingerprint density at radius 2 is 1.86 bits per heavy atom. The molecule has 4 rings (SSSR count). The lowest BCUT2D eigenvalue weighted by atomic mass is 10.1. The first kappa shape index (κ1) is 25.9. The third-order valence-corrected chi connectivity index (χ3v) is 5.78. The van der Waals surface area contributed by atoms with Crippen LogP contribution in [-0.2, 0) is 20.6 Å². The Bertz CT molecular complexity index is 1420. The number of aromatic nitrogens is 6. The van der Waals surface area contributed by atoms with Crippen LogP contribution < -0.4 is 15.4 Å². The summed E-state index contributed by atoms with van der Waals surface area (Å²) < 4.78 is 9.62. The van der Waals surface area contributed by atoms with E-state index in [1.54, 1.807) is 22.5 Å². The van der Waals surface area contributed by atoms with Crippen LogP contribution >= 0.6 is 0 Å². The van der Waals surface area contributed by atoms with Gasteiger partial charge in [0, 0.05) is 62.5 Å². The second kappa shape index (κ2) is 10.8. The Hall–Kier alpha value is -4.21. The van der Waals surface area contributed by atoms with Gasteiger partial charge >= 0.3 is 0 Å². The molecule has 0 amide bonds. The monoisotopic (exact) mass is 501 g/mol. The smallest absolute Gasteiger partial charge is 0.132 e. The van der Waals surface area contributed by atoms with E-state index in [4.69, 9.17) is 20.1 Å². The van der Waals surface area contributed by atoms with Crippen molar-refractivity contribution in [3.8, 4) is 28.3 Å². The molecule has 0 aromatic carbocycles. The average molecular weight is 502 g/mol. The maximum Gasteiger partial charge on any atom is 0.132 e. The molecule has 0 radical (unpaired) electrons. The van der Waals surface area contributed by atoms with Gasteiger partial charge in [-0.05, 0) is 40.7 Å². The van der Waals surface area contributed by atoms with Gasteiger partial charge < -0.3 is 20.8 Å². The molecule has 0 saturated heterocycles. The molecule has 10 heteroatoms. The molecule has 10 nitrogen and oxygen atoms in total. The van der Waals surface area contributed by atoms with Crippen LogP contribution in [0.5, 0.6) is 5.75 Å². The lowest BCUT2D eigenvalue weighted by molar-refractivity contribution is 0.341. The number of hydrogen-bond donors (Lipinski definition) is 3. The summed E-state index contributed by atoms with van der Waals surface area (Å²) >= 11 is 0. The molecule has 0 bridgehead atoms. The van der Waals surface area contributed by atoms with Gasteiger partial charge in [-0.15, -0.1) is 0 Å². The molecule has 0 saturated carbocycles. The molecule has 0 fully saturated rings. The van der Waals surface area contributed by atoms with Crippen molar-refractivity contribution in [3.05, 3.63) is 53.9 Å². The summed E-state index contributed by atoms with van der Waals surface area (Å²) in [4.78, 5) is 9.64. The number of aryl methyl sites for hydroxylation is 3. The molecule has 3 N–H and O–H groups in total. The highest BCUT2D eigenvalue weighted by Gasteiger charge is 2.20. The predicted molar refractivity (Wildman–Crippen MR) is 147 cm³/mol. The number of pyridine rings is 2. The van der Waals surface area contributed by atoms with Gasteiger partial charge in [0.15, 0.2) is 0 Å². The third-order valence-electron chi connectivity index (χ3n) is 5.78. The zero-order chi connectivity index (χ0) is 26.7. The van der Waals surface area contributed by atoms with Gasteiger partial charge in [-0.1, -0.05) is 0 Å². The lowest BCUT2D eigenvalue weighted by Gasteiger charge is -2.21. The minimum atomic E-state index is 0.160. The Labute approximate surface area is 217 Å². The van der Waals surface area contributed by atoms with Crippen molar-refractivity contribution in [1.82, 2.24) is 29.5 Å². The van der Waals surface area contributed by atoms with Gasteiger partial charge in [0.25, 0.3) is 0 Å². The summed E-state index contributed by atoms with van der Waals surface area (Å²) in [6, 6.07) is 4.08. The molecule has 0 unspecified atom stereocenters. The van der Waals surface area contributed by atoms with Crippen LogP contribution in [0, 0.1) is 12.3 Å². The first-order valence-corrected chi connectivity index (χ1v) is 12.4. The Morgan fingerprint density at radius 3 is 2.46 bits per heavy atom. The Morgan fingerprint density at radius 1 is 1.08 bits per heavy atom. The fraction of sp³-hybridized carbons (Fsp3) is 0.370. The van der Waals surface area contributed by atoms with Crippen molar-refractivity contribution in [3.63, 3.8) is 0 Å². The molecule has 4 aromatic rings. The van der Waals surface area contributed by atoms with E-state index < -0.39 is 0 Å². The van der Waals surface area contributed by atoms with Gasteiger partial charge in [0.1, 0.15) is 11.4 Å². The fourth-order valence-electron chi connectivity index (χ4n) is 4.19. The van der Waals surface area contributed by atoms with Gasteiger partial charge in [-0.3, -0.25) is 14.3 Å². The molecular formula is C27H35N9O. The molecule has 4 heterocycles. The SMILES string of the molecule is CCOc1cc(-c2cn(C)nc2C)ncc1-c1cc(NCc2cnn(C)c2)c(NC(C)C)c(C(C)=N)n1. The Kier molecular flexibility index (Phi) is 7.56. The van der Waals surface area contributed by atoms with Crippen molar-refractivity contribution in [1.29, 1.82) is 5.41 Å². The van der Waals surface area contributed by atoms with Crippen LogP contribution in [-0.4, -0.2) is 47.9 Å². The van der Waals surface area contributed by atoms with Gasteiger partial charge in [0.2, 0.25) is 0 Å². The average Bonchev–Trinajstić information content (AvgIpc) is 3.41. The summed E-state index contributed by atoms with van der Waals surface area (Å²) in [5.41, 5.74) is 7.71. The summed E-state index contributed by atoms with van der Waals surface area (Å²) in [7, 11) is 3.79. The number of nitrogens with one attached hydrogen (secondary N) is 3. The molecule has 194 valence electrons. The highest BCUT2D eigenvalue weighted by molar-refractivity contribution is 6.03. The highest BCUT2D eigenvalue weighted by atomic mass is 16.5. The molecular weight excluding hydrogens is 466 g/mol. The van der Waals surface area contributed by atoms with Gasteiger partial charge in [-0.2, -0.15) is 10.2 Å². The van der Waals surface area contributed by atoms with E-state index in [1.165, 1.54) is 0 Å². The molecule has 0 atom stereocenters. The minimum Gasteiger partial charge on any atom is -0.493 e. The van der Waals surface area contributed by atoms with E-state index in [0.717, 1.165) is 39.5 Å². The maximum atomic E-state index is 8.48. The van der Waals surface area contributed by atoms with E-state index >= 15 is 0 Å². The molecule has 0 aliphatic heterocycles. The van der Waals surface area contributed by atoms with Crippen LogP contribution in [0.1, 0.15) is 44.6 Å². The summed E-state index contributed by atoms with van der Waals surface area (Å²) in [5, 5.41) is 24.2. The van der Waals surface area contributed by atoms with Crippen molar-refractivity contribution < 1.29 is 4.74 Å². The number of anilines is 2. The van der Waals surface area contributed by atoms with Crippen LogP contribution in [0.2, 0.25) is 0 Å². The fourth-order valence-corrected chi connectivity index (χ4v) is 4.19. The molecule has 4 aromatic heterocycles. The number of ether oxygens (including phenoxy) is 1. The molecule has 0 aliphatic carbocycles. The van der Waals surface area contributed by atoms with Crippen LogP contribution in [0.4, 0.5) is 11.4 Å². The van der Waals surface area contributed by atoms with Crippen molar-refractivity contribution >= 4 is 17.1 Å². The third kappa shape index (κ3) is 5.79. The topological polar surface area (TPSA) is 119 Å². The minimum absolute atomic E-state index is 0.160. The van der Waals surface area contributed by atoms with Gasteiger partial charge in [0.05, 0.1) is 52.5 Å². The zero-order valence-electron chi connectivity index (χ0n) is 22.5. The van der Waals surface area contributed by atoms with Crippen molar-refractivity contribution in [2.24, 2.45) is 14.1 Å². The van der Waals surface area contributed by atoms with E-state index in [2.05, 4.69) is 34.7 Å². The van der Waals surface area contributed by atoms with E-state index in [9.17, 15) is 0 Å². The normalized spacial score (nSPS) is 11.1. The van der Waals surface area contributed by atoms with Crippen molar-refractivity contribution in [2.75, 3.05) is 17.2 Å². The maximum absolute atomic E-state index is 8.48. The molecule has 0 aliphatic rings. The van der Waals surface area contributed by atoms with E-state index in [-0.39, 0.29) is 6.04 Å². The van der Waals surface area contributed by atoms with Crippen LogP contribution in [0.3, 0.4) is 0 Å². The quantitative estimate of drug-likeness (QED) is 0.267. The standard InChI is InChI=1S/C27H35N9O/c1-8-37-25-10-22(21-15-36(7)34-18(21)5)30-13-20(25)23-9-24(29-11-19-12-31-35(6)14-19)27(32-16(2)3)26(33-23)17(4)28/h9-10,12-16,28,32H,8,11H2,1-7H3,(H,29,33). The first-order valence-electron chi connectivity index (χ1n) is 12.4. The van der Waals surface area contributed by atoms with E-state index in [1.807, 2.05) is 58.7 Å². The summed E-state index contributed by atoms with van der Waals surface area (Å²) in [5.74, 6) is 0.680. The largest absolute Gasteiger partial charge is 0.493 e. The first-order chi connectivity index (χ1) is 17.7. The number of rotatable bonds is 10. The zero-order valence-corrected chi connectivity index (χ0v) is 22.5. The lowest BCUT2D eigenvalue weighted by Crippen LogP contribution is -2.17. The second-order valence-electron chi connectivity index (χ2n) is 9.38. The van der Waals surface area contributed by atoms with Crippen LogP contribution in [0.15, 0.2) is 36.9 Å². The second-order valence-corrected chi connectivity index (χ2v) is 9.38. The predicted octanol–water partition coefficient (Wildman–Crippen LogP) is 4.80. The summed E-state index contributed by atoms with van der Waals surface area (Å²) in [6.07, 6.45) is 7.56. The Balaban J connectivity index is 1.83. The van der Waals surface area contributed by atoms with Gasteiger partial charge in [-0.25, -0.2) is 4.98 Å². The summed E-state index contributed by atoms with van der Waals surface area (Å²) in [6.45, 7) is 10.9. The molecule has 0 spiro atoms.